The SMILES string of the molecule is CCCCn1nc2c(c1C(=O)O)CCC2. The molecule has 0 amide bonds. The highest BCUT2D eigenvalue weighted by molar-refractivity contribution is 5.88. The fraction of sp³-hybridized carbons (Fsp3) is 0.636. The third kappa shape index (κ3) is 1.76. The summed E-state index contributed by atoms with van der Waals surface area (Å²) in [7, 11) is 0. The van der Waals surface area contributed by atoms with Gasteiger partial charge < -0.3 is 5.11 Å². The lowest BCUT2D eigenvalue weighted by Crippen LogP contribution is -2.12. The van der Waals surface area contributed by atoms with Gasteiger partial charge in [-0.25, -0.2) is 4.79 Å². The highest BCUT2D eigenvalue weighted by Crippen LogP contribution is 2.25. The fourth-order valence-corrected chi connectivity index (χ4v) is 2.15. The number of carbonyl (C=O) groups is 1. The Labute approximate surface area is 88.9 Å². The van der Waals surface area contributed by atoms with E-state index in [0.717, 1.165) is 49.9 Å². The van der Waals surface area contributed by atoms with Gasteiger partial charge in [-0.15, -0.1) is 0 Å². The van der Waals surface area contributed by atoms with Crippen LogP contribution in [0.3, 0.4) is 0 Å². The molecule has 0 spiro atoms. The first-order valence-corrected chi connectivity index (χ1v) is 5.56. The molecule has 4 nitrogen and oxygen atoms in total. The van der Waals surface area contributed by atoms with Crippen molar-refractivity contribution in [3.05, 3.63) is 17.0 Å². The van der Waals surface area contributed by atoms with E-state index in [-0.39, 0.29) is 0 Å². The molecule has 0 atom stereocenters. The number of aryl methyl sites for hydroxylation is 2. The normalized spacial score (nSPS) is 14.2. The number of aromatic carboxylic acids is 1. The predicted molar refractivity (Wildman–Crippen MR) is 56.1 cm³/mol. The highest BCUT2D eigenvalue weighted by atomic mass is 16.4. The van der Waals surface area contributed by atoms with E-state index in [0.29, 0.717) is 5.69 Å². The summed E-state index contributed by atoms with van der Waals surface area (Å²) in [5, 5.41) is 13.5. The summed E-state index contributed by atoms with van der Waals surface area (Å²) in [5.74, 6) is -0.832. The molecular weight excluding hydrogens is 192 g/mol. The Morgan fingerprint density at radius 2 is 2.33 bits per heavy atom. The van der Waals surface area contributed by atoms with Gasteiger partial charge in [0.15, 0.2) is 0 Å². The molecule has 0 saturated heterocycles. The zero-order chi connectivity index (χ0) is 10.8. The lowest BCUT2D eigenvalue weighted by atomic mass is 10.2. The highest BCUT2D eigenvalue weighted by Gasteiger charge is 2.25. The lowest BCUT2D eigenvalue weighted by Gasteiger charge is -2.04. The third-order valence-electron chi connectivity index (χ3n) is 2.90. The second kappa shape index (κ2) is 4.04. The van der Waals surface area contributed by atoms with Gasteiger partial charge in [-0.2, -0.15) is 5.10 Å². The van der Waals surface area contributed by atoms with E-state index in [1.807, 2.05) is 0 Å². The monoisotopic (exact) mass is 208 g/mol. The van der Waals surface area contributed by atoms with E-state index in [4.69, 9.17) is 5.11 Å². The van der Waals surface area contributed by atoms with Crippen LogP contribution in [0.5, 0.6) is 0 Å². The molecule has 0 aliphatic heterocycles. The van der Waals surface area contributed by atoms with E-state index in [1.54, 1.807) is 4.68 Å². The first-order chi connectivity index (χ1) is 7.24. The zero-order valence-corrected chi connectivity index (χ0v) is 8.99. The standard InChI is InChI=1S/C11H16N2O2/c1-2-3-7-13-10(11(14)15)8-5-4-6-9(8)12-13/h2-7H2,1H3,(H,14,15). The van der Waals surface area contributed by atoms with Crippen molar-refractivity contribution in [2.75, 3.05) is 0 Å². The molecule has 4 heteroatoms. The van der Waals surface area contributed by atoms with E-state index in [1.165, 1.54) is 0 Å². The van der Waals surface area contributed by atoms with Gasteiger partial charge in [-0.05, 0) is 25.7 Å². The van der Waals surface area contributed by atoms with Gasteiger partial charge >= 0.3 is 5.97 Å². The number of hydrogen-bond donors (Lipinski definition) is 1. The molecule has 1 N–H and O–H groups in total. The van der Waals surface area contributed by atoms with E-state index < -0.39 is 5.97 Å². The Hall–Kier alpha value is -1.32. The summed E-state index contributed by atoms with van der Waals surface area (Å²) >= 11 is 0. The molecular formula is C11H16N2O2. The largest absolute Gasteiger partial charge is 0.477 e. The van der Waals surface area contributed by atoms with Crippen LogP contribution in [0, 0.1) is 0 Å². The maximum atomic E-state index is 11.1. The van der Waals surface area contributed by atoms with Crippen LogP contribution in [-0.4, -0.2) is 20.9 Å². The molecule has 1 aromatic heterocycles. The predicted octanol–water partition coefficient (Wildman–Crippen LogP) is 1.87. The number of rotatable bonds is 4. The maximum Gasteiger partial charge on any atom is 0.354 e. The van der Waals surface area contributed by atoms with Crippen molar-refractivity contribution in [2.24, 2.45) is 0 Å². The Kier molecular flexibility index (Phi) is 2.75. The number of nitrogens with zero attached hydrogens (tertiary/aromatic N) is 2. The van der Waals surface area contributed by atoms with Crippen molar-refractivity contribution >= 4 is 5.97 Å². The molecule has 0 fully saturated rings. The van der Waals surface area contributed by atoms with Gasteiger partial charge in [0.25, 0.3) is 0 Å². The van der Waals surface area contributed by atoms with Crippen LogP contribution in [0.15, 0.2) is 0 Å². The minimum Gasteiger partial charge on any atom is -0.477 e. The molecule has 1 aliphatic carbocycles. The van der Waals surface area contributed by atoms with Gasteiger partial charge in [0.1, 0.15) is 5.69 Å². The van der Waals surface area contributed by atoms with Crippen molar-refractivity contribution < 1.29 is 9.90 Å². The minimum absolute atomic E-state index is 0.427. The molecule has 0 aromatic carbocycles. The summed E-state index contributed by atoms with van der Waals surface area (Å²) in [4.78, 5) is 11.1. The van der Waals surface area contributed by atoms with Crippen molar-refractivity contribution in [1.29, 1.82) is 0 Å². The molecule has 0 bridgehead atoms. The summed E-state index contributed by atoms with van der Waals surface area (Å²) in [6.07, 6.45) is 4.91. The van der Waals surface area contributed by atoms with Crippen LogP contribution in [0.1, 0.15) is 47.9 Å². The minimum atomic E-state index is -0.832. The average Bonchev–Trinajstić information content (AvgIpc) is 2.72. The molecule has 2 rings (SSSR count). The second-order valence-corrected chi connectivity index (χ2v) is 4.01. The fourth-order valence-electron chi connectivity index (χ4n) is 2.15. The quantitative estimate of drug-likeness (QED) is 0.821. The Balaban J connectivity index is 2.33. The first-order valence-electron chi connectivity index (χ1n) is 5.56. The molecule has 1 aromatic rings. The smallest absolute Gasteiger partial charge is 0.354 e. The third-order valence-corrected chi connectivity index (χ3v) is 2.90. The van der Waals surface area contributed by atoms with Crippen molar-refractivity contribution in [1.82, 2.24) is 9.78 Å². The molecule has 1 heterocycles. The van der Waals surface area contributed by atoms with Crippen LogP contribution in [0.25, 0.3) is 0 Å². The second-order valence-electron chi connectivity index (χ2n) is 4.01. The van der Waals surface area contributed by atoms with Crippen LogP contribution in [0.2, 0.25) is 0 Å². The van der Waals surface area contributed by atoms with Gasteiger partial charge in [0, 0.05) is 12.1 Å². The zero-order valence-electron chi connectivity index (χ0n) is 8.99. The summed E-state index contributed by atoms with van der Waals surface area (Å²) < 4.78 is 1.68. The Morgan fingerprint density at radius 3 is 3.00 bits per heavy atom. The van der Waals surface area contributed by atoms with Crippen LogP contribution in [0.4, 0.5) is 0 Å². The Morgan fingerprint density at radius 1 is 1.53 bits per heavy atom. The number of carboxylic acids is 1. The number of aromatic nitrogens is 2. The van der Waals surface area contributed by atoms with Crippen LogP contribution in [-0.2, 0) is 19.4 Å². The lowest BCUT2D eigenvalue weighted by molar-refractivity contribution is 0.0681. The summed E-state index contributed by atoms with van der Waals surface area (Å²) in [6.45, 7) is 2.82. The Bertz CT molecular complexity index is 382. The van der Waals surface area contributed by atoms with Crippen LogP contribution < -0.4 is 0 Å². The van der Waals surface area contributed by atoms with Gasteiger partial charge in [0.05, 0.1) is 5.69 Å². The van der Waals surface area contributed by atoms with Crippen molar-refractivity contribution in [3.63, 3.8) is 0 Å². The average molecular weight is 208 g/mol. The van der Waals surface area contributed by atoms with Crippen molar-refractivity contribution in [3.8, 4) is 0 Å². The number of unbranched alkanes of at least 4 members (excludes halogenated alkanes) is 1. The van der Waals surface area contributed by atoms with E-state index in [2.05, 4.69) is 12.0 Å². The molecule has 1 aliphatic rings. The molecule has 15 heavy (non-hydrogen) atoms. The summed E-state index contributed by atoms with van der Waals surface area (Å²) in [5.41, 5.74) is 2.40. The molecule has 0 unspecified atom stereocenters. The molecule has 82 valence electrons. The van der Waals surface area contributed by atoms with Gasteiger partial charge in [0.2, 0.25) is 0 Å². The van der Waals surface area contributed by atoms with Gasteiger partial charge in [-0.3, -0.25) is 4.68 Å². The van der Waals surface area contributed by atoms with Crippen LogP contribution >= 0.6 is 0 Å². The first kappa shape index (κ1) is 10.2. The van der Waals surface area contributed by atoms with Gasteiger partial charge in [-0.1, -0.05) is 13.3 Å². The number of carboxylic acid groups (broad SMARTS) is 1. The van der Waals surface area contributed by atoms with Crippen molar-refractivity contribution in [2.45, 2.75) is 45.6 Å². The number of fused-ring (bicyclic) bond motifs is 1. The van der Waals surface area contributed by atoms with E-state index in [9.17, 15) is 4.79 Å². The number of hydrogen-bond acceptors (Lipinski definition) is 2. The molecule has 0 saturated carbocycles. The van der Waals surface area contributed by atoms with E-state index >= 15 is 0 Å². The topological polar surface area (TPSA) is 55.1 Å². The molecule has 0 radical (unpaired) electrons. The maximum absolute atomic E-state index is 11.1. The summed E-state index contributed by atoms with van der Waals surface area (Å²) in [6, 6.07) is 0.